The van der Waals surface area contributed by atoms with Gasteiger partial charge in [0.1, 0.15) is 11.6 Å². The van der Waals surface area contributed by atoms with Gasteiger partial charge in [-0.2, -0.15) is 0 Å². The summed E-state index contributed by atoms with van der Waals surface area (Å²) in [4.78, 5) is 25.8. The minimum atomic E-state index is -3.78. The smallest absolute Gasteiger partial charge is 0.411 e. The Labute approximate surface area is 172 Å². The molecule has 0 radical (unpaired) electrons. The fourth-order valence-corrected chi connectivity index (χ4v) is 4.30. The van der Waals surface area contributed by atoms with Crippen molar-refractivity contribution >= 4 is 44.7 Å². The van der Waals surface area contributed by atoms with Crippen LogP contribution in [0.4, 0.5) is 4.79 Å². The van der Waals surface area contributed by atoms with E-state index < -0.39 is 39.8 Å². The third kappa shape index (κ3) is 5.79. The Morgan fingerprint density at radius 1 is 1.22 bits per heavy atom. The van der Waals surface area contributed by atoms with Gasteiger partial charge in [0, 0.05) is 16.2 Å². The molecule has 10 heteroatoms. The van der Waals surface area contributed by atoms with Crippen LogP contribution in [0.5, 0.6) is 0 Å². The molecular formula is C17H23IN2O6S. The van der Waals surface area contributed by atoms with Crippen LogP contribution in [0, 0.1) is 3.57 Å². The number of halogens is 1. The van der Waals surface area contributed by atoms with Crippen LogP contribution < -0.4 is 4.72 Å². The average Bonchev–Trinajstić information content (AvgIpc) is 2.96. The van der Waals surface area contributed by atoms with Gasteiger partial charge in [0.25, 0.3) is 0 Å². The van der Waals surface area contributed by atoms with Crippen molar-refractivity contribution in [1.29, 1.82) is 0 Å². The molecule has 0 unspecified atom stereocenters. The van der Waals surface area contributed by atoms with Gasteiger partial charge in [-0.15, -0.1) is 0 Å². The van der Waals surface area contributed by atoms with E-state index in [4.69, 9.17) is 9.47 Å². The Bertz CT molecular complexity index is 804. The second kappa shape index (κ2) is 8.31. The Morgan fingerprint density at radius 3 is 2.33 bits per heavy atom. The average molecular weight is 510 g/mol. The minimum Gasteiger partial charge on any atom is -0.467 e. The van der Waals surface area contributed by atoms with Crippen molar-refractivity contribution in [3.05, 3.63) is 27.8 Å². The lowest BCUT2D eigenvalue weighted by Crippen LogP contribution is -2.44. The number of carbonyl (C=O) groups excluding carboxylic acids is 2. The molecule has 2 rings (SSSR count). The summed E-state index contributed by atoms with van der Waals surface area (Å²) in [6.07, 6.45) is -0.580. The first kappa shape index (κ1) is 21.9. The van der Waals surface area contributed by atoms with E-state index in [0.717, 1.165) is 3.57 Å². The van der Waals surface area contributed by atoms with Gasteiger partial charge < -0.3 is 9.47 Å². The van der Waals surface area contributed by atoms with E-state index in [9.17, 15) is 18.0 Å². The maximum absolute atomic E-state index is 12.6. The number of rotatable bonds is 4. The summed E-state index contributed by atoms with van der Waals surface area (Å²) >= 11 is 2.08. The molecule has 2 atom stereocenters. The molecule has 8 nitrogen and oxygen atoms in total. The molecule has 1 aliphatic rings. The van der Waals surface area contributed by atoms with Gasteiger partial charge in [0.2, 0.25) is 10.0 Å². The second-order valence-corrected chi connectivity index (χ2v) is 10.1. The van der Waals surface area contributed by atoms with Crippen LogP contribution in [0.3, 0.4) is 0 Å². The summed E-state index contributed by atoms with van der Waals surface area (Å²) in [5.41, 5.74) is -0.740. The van der Waals surface area contributed by atoms with Crippen molar-refractivity contribution < 1.29 is 27.5 Å². The van der Waals surface area contributed by atoms with Crippen LogP contribution in [-0.2, 0) is 24.3 Å². The minimum absolute atomic E-state index is 0.0122. The number of likely N-dealkylation sites (tertiary alicyclic amines) is 1. The molecule has 1 heterocycles. The highest BCUT2D eigenvalue weighted by Crippen LogP contribution is 2.24. The standard InChI is InChI=1S/C17H23IN2O6S/c1-17(2,3)26-16(22)20-10-12(9-14(20)15(21)25-4)19-27(23,24)13-7-5-11(18)6-8-13/h5-8,12,14,19H,9-10H2,1-4H3/t12-,14-/m1/s1. The van der Waals surface area contributed by atoms with Crippen molar-refractivity contribution in [3.63, 3.8) is 0 Å². The van der Waals surface area contributed by atoms with Gasteiger partial charge >= 0.3 is 12.1 Å². The zero-order valence-electron chi connectivity index (χ0n) is 15.6. The van der Waals surface area contributed by atoms with E-state index in [0.29, 0.717) is 0 Å². The number of amides is 1. The number of hydrogen-bond acceptors (Lipinski definition) is 6. The lowest BCUT2D eigenvalue weighted by Gasteiger charge is -2.27. The molecule has 1 N–H and O–H groups in total. The molecule has 0 spiro atoms. The number of carbonyl (C=O) groups is 2. The van der Waals surface area contributed by atoms with Crippen LogP contribution in [0.1, 0.15) is 27.2 Å². The SMILES string of the molecule is COC(=O)[C@H]1C[C@@H](NS(=O)(=O)c2ccc(I)cc2)CN1C(=O)OC(C)(C)C. The van der Waals surface area contributed by atoms with Crippen LogP contribution >= 0.6 is 22.6 Å². The Morgan fingerprint density at radius 2 is 1.81 bits per heavy atom. The molecular weight excluding hydrogens is 487 g/mol. The number of ether oxygens (including phenoxy) is 2. The van der Waals surface area contributed by atoms with E-state index in [-0.39, 0.29) is 17.9 Å². The van der Waals surface area contributed by atoms with E-state index in [1.54, 1.807) is 32.9 Å². The Kier molecular flexibility index (Phi) is 6.74. The van der Waals surface area contributed by atoms with Crippen LogP contribution in [0.25, 0.3) is 0 Å². The van der Waals surface area contributed by atoms with Gasteiger partial charge in [-0.3, -0.25) is 4.90 Å². The van der Waals surface area contributed by atoms with Gasteiger partial charge in [-0.05, 0) is 74.0 Å². The maximum atomic E-state index is 12.6. The second-order valence-electron chi connectivity index (χ2n) is 7.18. The van der Waals surface area contributed by atoms with Crippen molar-refractivity contribution in [2.45, 2.75) is 49.8 Å². The highest BCUT2D eigenvalue weighted by molar-refractivity contribution is 14.1. The molecule has 1 amide bonds. The van der Waals surface area contributed by atoms with Crippen molar-refractivity contribution in [2.75, 3.05) is 13.7 Å². The molecule has 27 heavy (non-hydrogen) atoms. The topological polar surface area (TPSA) is 102 Å². The zero-order valence-corrected chi connectivity index (χ0v) is 18.5. The van der Waals surface area contributed by atoms with Crippen LogP contribution in [-0.4, -0.2) is 56.7 Å². The quantitative estimate of drug-likeness (QED) is 0.492. The summed E-state index contributed by atoms with van der Waals surface area (Å²) in [5, 5.41) is 0. The van der Waals surface area contributed by atoms with E-state index in [1.807, 2.05) is 0 Å². The molecule has 1 aliphatic heterocycles. The molecule has 1 fully saturated rings. The molecule has 0 saturated carbocycles. The number of sulfonamides is 1. The molecule has 0 aliphatic carbocycles. The highest BCUT2D eigenvalue weighted by atomic mass is 127. The highest BCUT2D eigenvalue weighted by Gasteiger charge is 2.43. The summed E-state index contributed by atoms with van der Waals surface area (Å²) in [7, 11) is -2.56. The van der Waals surface area contributed by atoms with Gasteiger partial charge in [0.15, 0.2) is 0 Å². The third-order valence-corrected chi connectivity index (χ3v) is 6.10. The lowest BCUT2D eigenvalue weighted by atomic mass is 10.2. The summed E-state index contributed by atoms with van der Waals surface area (Å²) in [6, 6.07) is 4.84. The molecule has 0 bridgehead atoms. The number of hydrogen-bond donors (Lipinski definition) is 1. The predicted molar refractivity (Wildman–Crippen MR) is 107 cm³/mol. The fourth-order valence-electron chi connectivity index (χ4n) is 2.70. The molecule has 150 valence electrons. The summed E-state index contributed by atoms with van der Waals surface area (Å²) in [5.74, 6) is -0.614. The Balaban J connectivity index is 2.18. The number of nitrogens with one attached hydrogen (secondary N) is 1. The van der Waals surface area contributed by atoms with E-state index in [1.165, 1.54) is 24.1 Å². The summed E-state index contributed by atoms with van der Waals surface area (Å²) < 4.78 is 38.7. The fraction of sp³-hybridized carbons (Fsp3) is 0.529. The van der Waals surface area contributed by atoms with E-state index in [2.05, 4.69) is 27.3 Å². The number of methoxy groups -OCH3 is 1. The molecule has 1 aromatic rings. The number of benzene rings is 1. The first-order valence-electron chi connectivity index (χ1n) is 8.28. The lowest BCUT2D eigenvalue weighted by molar-refractivity contribution is -0.145. The zero-order chi connectivity index (χ0) is 20.4. The van der Waals surface area contributed by atoms with Gasteiger partial charge in [0.05, 0.1) is 12.0 Å². The van der Waals surface area contributed by atoms with Gasteiger partial charge in [-0.1, -0.05) is 0 Å². The molecule has 0 aromatic heterocycles. The molecule has 1 aromatic carbocycles. The van der Waals surface area contributed by atoms with Gasteiger partial charge in [-0.25, -0.2) is 22.7 Å². The van der Waals surface area contributed by atoms with E-state index >= 15 is 0 Å². The Hall–Kier alpha value is -1.40. The first-order chi connectivity index (χ1) is 12.4. The van der Waals surface area contributed by atoms with Crippen LogP contribution in [0.15, 0.2) is 29.2 Å². The number of nitrogens with zero attached hydrogens (tertiary/aromatic N) is 1. The predicted octanol–water partition coefficient (Wildman–Crippen LogP) is 2.12. The third-order valence-electron chi connectivity index (χ3n) is 3.85. The normalized spacial score (nSPS) is 20.4. The van der Waals surface area contributed by atoms with Crippen molar-refractivity contribution in [1.82, 2.24) is 9.62 Å². The van der Waals surface area contributed by atoms with Crippen LogP contribution in [0.2, 0.25) is 0 Å². The summed E-state index contributed by atoms with van der Waals surface area (Å²) in [6.45, 7) is 5.15. The number of esters is 1. The molecule has 1 saturated heterocycles. The first-order valence-corrected chi connectivity index (χ1v) is 10.8. The largest absolute Gasteiger partial charge is 0.467 e. The van der Waals surface area contributed by atoms with Crippen molar-refractivity contribution in [2.24, 2.45) is 0 Å². The maximum Gasteiger partial charge on any atom is 0.411 e. The van der Waals surface area contributed by atoms with Crippen molar-refractivity contribution in [3.8, 4) is 0 Å². The monoisotopic (exact) mass is 510 g/mol.